The molecule has 0 radical (unpaired) electrons. The highest BCUT2D eigenvalue weighted by Crippen LogP contribution is 2.40. The smallest absolute Gasteiger partial charge is 0.277 e. The minimum Gasteiger partial charge on any atom is -0.277 e. The van der Waals surface area contributed by atoms with Gasteiger partial charge in [0.1, 0.15) is 5.41 Å². The Morgan fingerprint density at radius 2 is 1.95 bits per heavy atom. The molecule has 2 aliphatic rings. The third-order valence-corrected chi connectivity index (χ3v) is 4.16. The summed E-state index contributed by atoms with van der Waals surface area (Å²) in [6, 6.07) is -0.863. The van der Waals surface area contributed by atoms with Crippen LogP contribution in [0.2, 0.25) is 0 Å². The summed E-state index contributed by atoms with van der Waals surface area (Å²) in [6.45, 7) is 5.43. The quantitative estimate of drug-likeness (QED) is 0.626. The maximum Gasteiger partial charge on any atom is 0.331 e. The molecule has 5 nitrogen and oxygen atoms in total. The van der Waals surface area contributed by atoms with Gasteiger partial charge in [-0.1, -0.05) is 25.3 Å². The Balaban J connectivity index is 2.30. The number of urea groups is 1. The molecule has 1 saturated heterocycles. The van der Waals surface area contributed by atoms with Crippen LogP contribution in [-0.2, 0) is 9.59 Å². The van der Waals surface area contributed by atoms with Crippen LogP contribution >= 0.6 is 0 Å². The number of imide groups is 2. The van der Waals surface area contributed by atoms with Gasteiger partial charge in [0.15, 0.2) is 0 Å². The van der Waals surface area contributed by atoms with Gasteiger partial charge in [0.2, 0.25) is 11.8 Å². The maximum absolute atomic E-state index is 12.6. The van der Waals surface area contributed by atoms with E-state index < -0.39 is 17.4 Å². The van der Waals surface area contributed by atoms with Gasteiger partial charge in [-0.2, -0.15) is 0 Å². The molecule has 1 N–H and O–H groups in total. The molecule has 4 amide bonds. The maximum atomic E-state index is 12.6. The van der Waals surface area contributed by atoms with Crippen LogP contribution in [0.4, 0.5) is 4.79 Å². The highest BCUT2D eigenvalue weighted by molar-refractivity contribution is 6.19. The van der Waals surface area contributed by atoms with Gasteiger partial charge in [0.05, 0.1) is 0 Å². The Labute approximate surface area is 113 Å². The summed E-state index contributed by atoms with van der Waals surface area (Å²) >= 11 is 0. The third-order valence-electron chi connectivity index (χ3n) is 4.16. The van der Waals surface area contributed by atoms with E-state index >= 15 is 0 Å². The summed E-state index contributed by atoms with van der Waals surface area (Å²) in [5, 5.41) is 2.35. The Morgan fingerprint density at radius 1 is 1.32 bits per heavy atom. The SMILES string of the molecule is C=CCC(C)N1C(=O)NC(=O)C2(CCCCC2)C1=O. The van der Waals surface area contributed by atoms with Crippen LogP contribution in [-0.4, -0.2) is 28.8 Å². The molecule has 1 saturated carbocycles. The van der Waals surface area contributed by atoms with Gasteiger partial charge in [-0.15, -0.1) is 6.58 Å². The summed E-state index contributed by atoms with van der Waals surface area (Å²) in [4.78, 5) is 37.9. The van der Waals surface area contributed by atoms with Crippen molar-refractivity contribution in [2.45, 2.75) is 51.5 Å². The topological polar surface area (TPSA) is 66.5 Å². The van der Waals surface area contributed by atoms with Crippen molar-refractivity contribution < 1.29 is 14.4 Å². The number of rotatable bonds is 3. The summed E-state index contributed by atoms with van der Waals surface area (Å²) < 4.78 is 0. The first-order chi connectivity index (χ1) is 9.03. The van der Waals surface area contributed by atoms with E-state index in [1.165, 1.54) is 4.90 Å². The predicted octanol–water partition coefficient (Wildman–Crippen LogP) is 1.98. The van der Waals surface area contributed by atoms with Gasteiger partial charge < -0.3 is 0 Å². The zero-order valence-corrected chi connectivity index (χ0v) is 11.3. The van der Waals surface area contributed by atoms with Crippen LogP contribution < -0.4 is 5.32 Å². The molecule has 104 valence electrons. The van der Waals surface area contributed by atoms with Crippen molar-refractivity contribution in [1.82, 2.24) is 10.2 Å². The number of hydrogen-bond donors (Lipinski definition) is 1. The van der Waals surface area contributed by atoms with Gasteiger partial charge in [0, 0.05) is 6.04 Å². The average molecular weight is 264 g/mol. The highest BCUT2D eigenvalue weighted by atomic mass is 16.2. The fraction of sp³-hybridized carbons (Fsp3) is 0.643. The molecule has 1 heterocycles. The van der Waals surface area contributed by atoms with Crippen LogP contribution in [0.15, 0.2) is 12.7 Å². The van der Waals surface area contributed by atoms with E-state index in [2.05, 4.69) is 11.9 Å². The number of nitrogens with zero attached hydrogens (tertiary/aromatic N) is 1. The van der Waals surface area contributed by atoms with Gasteiger partial charge in [-0.3, -0.25) is 19.8 Å². The van der Waals surface area contributed by atoms with Crippen molar-refractivity contribution in [3.8, 4) is 0 Å². The molecule has 1 spiro atoms. The van der Waals surface area contributed by atoms with Crippen LogP contribution in [0.5, 0.6) is 0 Å². The first-order valence-electron chi connectivity index (χ1n) is 6.83. The lowest BCUT2D eigenvalue weighted by Gasteiger charge is -2.43. The number of nitrogens with one attached hydrogen (secondary N) is 1. The summed E-state index contributed by atoms with van der Waals surface area (Å²) in [5.41, 5.74) is -1.01. The molecule has 0 aromatic rings. The Morgan fingerprint density at radius 3 is 2.53 bits per heavy atom. The number of hydrogen-bond acceptors (Lipinski definition) is 3. The zero-order chi connectivity index (χ0) is 14.0. The molecule has 0 aromatic heterocycles. The van der Waals surface area contributed by atoms with Crippen molar-refractivity contribution in [3.63, 3.8) is 0 Å². The molecule has 2 rings (SSSR count). The minimum atomic E-state index is -1.01. The molecule has 1 unspecified atom stereocenters. The Hall–Kier alpha value is -1.65. The van der Waals surface area contributed by atoms with E-state index in [1.807, 2.05) is 0 Å². The lowest BCUT2D eigenvalue weighted by atomic mass is 9.71. The van der Waals surface area contributed by atoms with E-state index in [0.717, 1.165) is 19.3 Å². The first-order valence-corrected chi connectivity index (χ1v) is 6.83. The molecule has 0 aromatic carbocycles. The zero-order valence-electron chi connectivity index (χ0n) is 11.3. The molecule has 1 atom stereocenters. The normalized spacial score (nSPS) is 24.3. The van der Waals surface area contributed by atoms with Crippen molar-refractivity contribution >= 4 is 17.8 Å². The second-order valence-electron chi connectivity index (χ2n) is 5.45. The average Bonchev–Trinajstić information content (AvgIpc) is 2.38. The van der Waals surface area contributed by atoms with Crippen LogP contribution in [0, 0.1) is 5.41 Å². The van der Waals surface area contributed by atoms with E-state index in [-0.39, 0.29) is 11.9 Å². The molecule has 5 heteroatoms. The van der Waals surface area contributed by atoms with E-state index in [0.29, 0.717) is 19.3 Å². The monoisotopic (exact) mass is 264 g/mol. The van der Waals surface area contributed by atoms with Crippen molar-refractivity contribution in [3.05, 3.63) is 12.7 Å². The van der Waals surface area contributed by atoms with E-state index in [4.69, 9.17) is 0 Å². The number of amides is 4. The Kier molecular flexibility index (Phi) is 3.73. The molecule has 1 aliphatic heterocycles. The van der Waals surface area contributed by atoms with Crippen LogP contribution in [0.25, 0.3) is 0 Å². The highest BCUT2D eigenvalue weighted by Gasteiger charge is 2.54. The number of barbiturate groups is 1. The second kappa shape index (κ2) is 5.15. The van der Waals surface area contributed by atoms with Crippen LogP contribution in [0.3, 0.4) is 0 Å². The van der Waals surface area contributed by atoms with E-state index in [9.17, 15) is 14.4 Å². The standard InChI is InChI=1S/C14H20N2O3/c1-3-7-10(2)16-12(18)14(8-5-4-6-9-14)11(17)15-13(16)19/h3,10H,1,4-9H2,2H3,(H,15,17,19). The minimum absolute atomic E-state index is 0.267. The van der Waals surface area contributed by atoms with Crippen molar-refractivity contribution in [2.24, 2.45) is 5.41 Å². The Bertz CT molecular complexity index is 424. The molecule has 1 aliphatic carbocycles. The van der Waals surface area contributed by atoms with Crippen LogP contribution in [0.1, 0.15) is 45.4 Å². The number of carbonyl (C=O) groups excluding carboxylic acids is 3. The molecule has 0 bridgehead atoms. The largest absolute Gasteiger partial charge is 0.331 e. The molecular formula is C14H20N2O3. The fourth-order valence-electron chi connectivity index (χ4n) is 3.04. The van der Waals surface area contributed by atoms with Gasteiger partial charge in [-0.25, -0.2) is 4.79 Å². The van der Waals surface area contributed by atoms with Gasteiger partial charge >= 0.3 is 6.03 Å². The lowest BCUT2D eigenvalue weighted by Crippen LogP contribution is -2.66. The van der Waals surface area contributed by atoms with Gasteiger partial charge in [-0.05, 0) is 26.2 Å². The molecule has 2 fully saturated rings. The van der Waals surface area contributed by atoms with E-state index in [1.54, 1.807) is 13.0 Å². The van der Waals surface area contributed by atoms with Crippen molar-refractivity contribution in [2.75, 3.05) is 0 Å². The lowest BCUT2D eigenvalue weighted by molar-refractivity contribution is -0.155. The molecular weight excluding hydrogens is 244 g/mol. The third kappa shape index (κ3) is 2.17. The number of carbonyl (C=O) groups is 3. The molecule has 19 heavy (non-hydrogen) atoms. The fourth-order valence-corrected chi connectivity index (χ4v) is 3.04. The summed E-state index contributed by atoms with van der Waals surface area (Å²) in [6.07, 6.45) is 6.05. The first kappa shape index (κ1) is 13.8. The van der Waals surface area contributed by atoms with Crippen molar-refractivity contribution in [1.29, 1.82) is 0 Å². The van der Waals surface area contributed by atoms with Gasteiger partial charge in [0.25, 0.3) is 0 Å². The summed E-state index contributed by atoms with van der Waals surface area (Å²) in [7, 11) is 0. The second-order valence-corrected chi connectivity index (χ2v) is 5.45. The predicted molar refractivity (Wildman–Crippen MR) is 70.2 cm³/mol. The summed E-state index contributed by atoms with van der Waals surface area (Å²) in [5.74, 6) is -0.737.